The lowest BCUT2D eigenvalue weighted by Gasteiger charge is -2.26. The molecule has 5 nitrogen and oxygen atoms in total. The number of halogens is 1. The topological polar surface area (TPSA) is 57.7 Å². The van der Waals surface area contributed by atoms with Gasteiger partial charge in [-0.3, -0.25) is 9.10 Å². The van der Waals surface area contributed by atoms with Crippen molar-refractivity contribution in [3.63, 3.8) is 0 Å². The third-order valence-corrected chi connectivity index (χ3v) is 5.46. The van der Waals surface area contributed by atoms with E-state index in [1.165, 1.54) is 9.21 Å². The summed E-state index contributed by atoms with van der Waals surface area (Å²) in [6.45, 7) is 2.09. The number of carbonyl (C=O) groups is 1. The predicted octanol–water partition coefficient (Wildman–Crippen LogP) is 3.33. The summed E-state index contributed by atoms with van der Waals surface area (Å²) in [6, 6.07) is 14.4. The molecule has 26 heavy (non-hydrogen) atoms. The van der Waals surface area contributed by atoms with E-state index in [0.29, 0.717) is 23.7 Å². The molecule has 7 heteroatoms. The Morgan fingerprint density at radius 2 is 1.69 bits per heavy atom. The monoisotopic (exact) mass is 394 g/mol. The van der Waals surface area contributed by atoms with Crippen LogP contribution in [0, 0.1) is 0 Å². The van der Waals surface area contributed by atoms with Gasteiger partial charge in [0.15, 0.2) is 0 Å². The van der Waals surface area contributed by atoms with Crippen LogP contribution in [-0.2, 0) is 27.8 Å². The molecule has 0 aliphatic carbocycles. The van der Waals surface area contributed by atoms with E-state index >= 15 is 0 Å². The Hall–Kier alpha value is -2.05. The number of sulfonamides is 1. The average molecular weight is 395 g/mol. The van der Waals surface area contributed by atoms with Crippen LogP contribution in [0.15, 0.2) is 48.5 Å². The minimum absolute atomic E-state index is 0.236. The molecule has 0 atom stereocenters. The largest absolute Gasteiger partial charge is 0.340 e. The van der Waals surface area contributed by atoms with E-state index < -0.39 is 10.0 Å². The summed E-state index contributed by atoms with van der Waals surface area (Å²) in [7, 11) is -1.93. The van der Waals surface area contributed by atoms with Crippen LogP contribution in [0.25, 0.3) is 0 Å². The summed E-state index contributed by atoms with van der Waals surface area (Å²) in [4.78, 5) is 14.1. The van der Waals surface area contributed by atoms with Crippen LogP contribution in [0.5, 0.6) is 0 Å². The van der Waals surface area contributed by atoms with E-state index in [1.807, 2.05) is 31.2 Å². The van der Waals surface area contributed by atoms with Crippen molar-refractivity contribution < 1.29 is 13.2 Å². The van der Waals surface area contributed by atoms with Crippen molar-refractivity contribution >= 4 is 33.2 Å². The average Bonchev–Trinajstić information content (AvgIpc) is 2.60. The number of nitrogens with zero attached hydrogens (tertiary/aromatic N) is 2. The van der Waals surface area contributed by atoms with Crippen molar-refractivity contribution in [1.29, 1.82) is 0 Å². The zero-order valence-electron chi connectivity index (χ0n) is 15.1. The molecule has 0 spiro atoms. The van der Waals surface area contributed by atoms with Gasteiger partial charge in [-0.05, 0) is 35.7 Å². The van der Waals surface area contributed by atoms with E-state index in [4.69, 9.17) is 11.6 Å². The summed E-state index contributed by atoms with van der Waals surface area (Å²) in [6.07, 6.45) is 1.79. The normalized spacial score (nSPS) is 11.2. The predicted molar refractivity (Wildman–Crippen MR) is 106 cm³/mol. The first-order chi connectivity index (χ1) is 12.2. The van der Waals surface area contributed by atoms with Crippen LogP contribution in [0.3, 0.4) is 0 Å². The van der Waals surface area contributed by atoms with Gasteiger partial charge in [-0.25, -0.2) is 8.42 Å². The van der Waals surface area contributed by atoms with Crippen molar-refractivity contribution in [2.75, 3.05) is 24.2 Å². The molecular weight excluding hydrogens is 372 g/mol. The second-order valence-electron chi connectivity index (χ2n) is 6.13. The molecule has 0 N–H and O–H groups in total. The lowest BCUT2D eigenvalue weighted by Crippen LogP contribution is -2.41. The number of anilines is 1. The number of carbonyl (C=O) groups excluding carboxylic acids is 1. The van der Waals surface area contributed by atoms with Gasteiger partial charge in [-0.15, -0.1) is 0 Å². The Kier molecular flexibility index (Phi) is 6.67. The Morgan fingerprint density at radius 1 is 1.08 bits per heavy atom. The second kappa shape index (κ2) is 8.56. The number of hydrogen-bond acceptors (Lipinski definition) is 3. The molecule has 2 rings (SSSR count). The molecule has 0 saturated carbocycles. The highest BCUT2D eigenvalue weighted by Crippen LogP contribution is 2.23. The maximum Gasteiger partial charge on any atom is 0.243 e. The van der Waals surface area contributed by atoms with Crippen LogP contribution in [0.4, 0.5) is 5.69 Å². The summed E-state index contributed by atoms with van der Waals surface area (Å²) in [5, 5.41) is 0.627. The highest BCUT2D eigenvalue weighted by Gasteiger charge is 2.24. The Balaban J connectivity index is 2.20. The number of hydrogen-bond donors (Lipinski definition) is 0. The molecule has 0 aromatic heterocycles. The molecule has 0 heterocycles. The highest BCUT2D eigenvalue weighted by molar-refractivity contribution is 7.92. The van der Waals surface area contributed by atoms with Gasteiger partial charge in [0, 0.05) is 18.6 Å². The van der Waals surface area contributed by atoms with E-state index in [9.17, 15) is 13.2 Å². The SMILES string of the molecule is CCc1ccccc1N(CC(=O)N(C)Cc1ccc(Cl)cc1)S(C)(=O)=O. The number of benzene rings is 2. The van der Waals surface area contributed by atoms with Crippen molar-refractivity contribution in [3.8, 4) is 0 Å². The number of amides is 1. The molecule has 0 fully saturated rings. The molecule has 1 amide bonds. The lowest BCUT2D eigenvalue weighted by molar-refractivity contribution is -0.128. The summed E-state index contributed by atoms with van der Waals surface area (Å²) < 4.78 is 25.8. The molecule has 0 aliphatic heterocycles. The third-order valence-electron chi connectivity index (χ3n) is 4.08. The van der Waals surface area contributed by atoms with Gasteiger partial charge >= 0.3 is 0 Å². The van der Waals surface area contributed by atoms with E-state index in [-0.39, 0.29) is 12.5 Å². The molecule has 0 unspecified atom stereocenters. The summed E-state index contributed by atoms with van der Waals surface area (Å²) in [5.41, 5.74) is 2.35. The fourth-order valence-electron chi connectivity index (χ4n) is 2.63. The van der Waals surface area contributed by atoms with Gasteiger partial charge in [-0.1, -0.05) is 48.9 Å². The molecule has 0 saturated heterocycles. The number of likely N-dealkylation sites (N-methyl/N-ethyl adjacent to an activating group) is 1. The number of aryl methyl sites for hydroxylation is 1. The first kappa shape index (κ1) is 20.3. The molecule has 2 aromatic carbocycles. The standard InChI is InChI=1S/C19H23ClN2O3S/c1-4-16-7-5-6-8-18(16)22(26(3,24)25)14-19(23)21(2)13-15-9-11-17(20)12-10-15/h5-12H,4,13-14H2,1-3H3. The van der Waals surface area contributed by atoms with Gasteiger partial charge in [0.05, 0.1) is 11.9 Å². The van der Waals surface area contributed by atoms with Crippen LogP contribution < -0.4 is 4.31 Å². The molecule has 0 radical (unpaired) electrons. The van der Waals surface area contributed by atoms with Crippen LogP contribution in [0.1, 0.15) is 18.1 Å². The molecule has 0 bridgehead atoms. The second-order valence-corrected chi connectivity index (χ2v) is 8.47. The first-order valence-corrected chi connectivity index (χ1v) is 10.5. The lowest BCUT2D eigenvalue weighted by atomic mass is 10.1. The van der Waals surface area contributed by atoms with Crippen LogP contribution in [-0.4, -0.2) is 39.1 Å². The number of para-hydroxylation sites is 1. The molecular formula is C19H23ClN2O3S. The number of rotatable bonds is 7. The molecule has 140 valence electrons. The molecule has 0 aliphatic rings. The zero-order valence-corrected chi connectivity index (χ0v) is 16.7. The van der Waals surface area contributed by atoms with Crippen molar-refractivity contribution in [2.24, 2.45) is 0 Å². The van der Waals surface area contributed by atoms with Crippen molar-refractivity contribution in [1.82, 2.24) is 4.90 Å². The van der Waals surface area contributed by atoms with Crippen molar-refractivity contribution in [2.45, 2.75) is 19.9 Å². The fourth-order valence-corrected chi connectivity index (χ4v) is 3.64. The first-order valence-electron chi connectivity index (χ1n) is 8.26. The highest BCUT2D eigenvalue weighted by atomic mass is 35.5. The quantitative estimate of drug-likeness (QED) is 0.723. The summed E-state index contributed by atoms with van der Waals surface area (Å²) in [5.74, 6) is -0.281. The van der Waals surface area contributed by atoms with E-state index in [2.05, 4.69) is 0 Å². The fraction of sp³-hybridized carbons (Fsp3) is 0.316. The van der Waals surface area contributed by atoms with Gasteiger partial charge in [-0.2, -0.15) is 0 Å². The Bertz CT molecular complexity index is 867. The van der Waals surface area contributed by atoms with Gasteiger partial charge < -0.3 is 4.90 Å². The summed E-state index contributed by atoms with van der Waals surface area (Å²) >= 11 is 5.87. The van der Waals surface area contributed by atoms with Crippen LogP contribution >= 0.6 is 11.6 Å². The minimum atomic E-state index is -3.59. The third kappa shape index (κ3) is 5.22. The van der Waals surface area contributed by atoms with Crippen molar-refractivity contribution in [3.05, 3.63) is 64.7 Å². The van der Waals surface area contributed by atoms with E-state index in [1.54, 1.807) is 31.3 Å². The van der Waals surface area contributed by atoms with Crippen LogP contribution in [0.2, 0.25) is 5.02 Å². The maximum absolute atomic E-state index is 12.6. The molecule has 2 aromatic rings. The minimum Gasteiger partial charge on any atom is -0.340 e. The zero-order chi connectivity index (χ0) is 19.3. The Morgan fingerprint density at radius 3 is 2.27 bits per heavy atom. The van der Waals surface area contributed by atoms with Gasteiger partial charge in [0.2, 0.25) is 15.9 Å². The smallest absolute Gasteiger partial charge is 0.243 e. The van der Waals surface area contributed by atoms with Gasteiger partial charge in [0.25, 0.3) is 0 Å². The maximum atomic E-state index is 12.6. The van der Waals surface area contributed by atoms with E-state index in [0.717, 1.165) is 17.4 Å². The Labute approximate surface area is 160 Å². The van der Waals surface area contributed by atoms with Gasteiger partial charge in [0.1, 0.15) is 6.54 Å².